The number of piperidine rings is 1. The second-order valence-corrected chi connectivity index (χ2v) is 9.57. The third-order valence-corrected chi connectivity index (χ3v) is 5.83. The number of carbonyl (C=O) groups is 1. The van der Waals surface area contributed by atoms with E-state index in [0.29, 0.717) is 11.1 Å². The Balaban J connectivity index is 1.48. The van der Waals surface area contributed by atoms with E-state index in [-0.39, 0.29) is 17.7 Å². The van der Waals surface area contributed by atoms with Crippen molar-refractivity contribution < 1.29 is 18.1 Å². The first kappa shape index (κ1) is 19.6. The predicted octanol–water partition coefficient (Wildman–Crippen LogP) is 1.21. The highest BCUT2D eigenvalue weighted by Gasteiger charge is 2.23. The molecule has 0 unspecified atom stereocenters. The zero-order valence-electron chi connectivity index (χ0n) is 15.6. The van der Waals surface area contributed by atoms with Gasteiger partial charge in [-0.1, -0.05) is 42.5 Å². The SMILES string of the molecule is CS(=O)(=O)Cc1ccc(C(=O)NC2CC[NH+](Cc3ccccc3)CC2)cc1. The molecule has 0 saturated carbocycles. The lowest BCUT2D eigenvalue weighted by molar-refractivity contribution is -0.918. The van der Waals surface area contributed by atoms with Crippen LogP contribution in [0, 0.1) is 0 Å². The van der Waals surface area contributed by atoms with Crippen LogP contribution in [-0.4, -0.2) is 39.7 Å². The highest BCUT2D eigenvalue weighted by Crippen LogP contribution is 2.09. The van der Waals surface area contributed by atoms with Crippen LogP contribution in [0.5, 0.6) is 0 Å². The molecule has 2 N–H and O–H groups in total. The molecule has 0 spiro atoms. The van der Waals surface area contributed by atoms with Crippen molar-refractivity contribution in [3.8, 4) is 0 Å². The van der Waals surface area contributed by atoms with Crippen LogP contribution in [0.15, 0.2) is 54.6 Å². The summed E-state index contributed by atoms with van der Waals surface area (Å²) in [5, 5.41) is 3.12. The molecule has 6 heteroatoms. The standard InChI is InChI=1S/C21H26N2O3S/c1-27(25,26)16-18-7-9-19(10-8-18)21(24)22-20-11-13-23(14-12-20)15-17-5-3-2-4-6-17/h2-10,20H,11-16H2,1H3,(H,22,24)/p+1. The van der Waals surface area contributed by atoms with E-state index in [0.717, 1.165) is 32.5 Å². The molecule has 1 amide bonds. The fraction of sp³-hybridized carbons (Fsp3) is 0.381. The van der Waals surface area contributed by atoms with Gasteiger partial charge < -0.3 is 10.2 Å². The average molecular weight is 388 g/mol. The number of amides is 1. The summed E-state index contributed by atoms with van der Waals surface area (Å²) in [7, 11) is -3.06. The van der Waals surface area contributed by atoms with Gasteiger partial charge in [0, 0.05) is 36.3 Å². The fourth-order valence-corrected chi connectivity index (χ4v) is 4.35. The Morgan fingerprint density at radius 1 is 1.00 bits per heavy atom. The second kappa shape index (κ2) is 8.67. The summed E-state index contributed by atoms with van der Waals surface area (Å²) >= 11 is 0. The first-order valence-corrected chi connectivity index (χ1v) is 11.4. The normalized spacial score (nSPS) is 20.2. The number of likely N-dealkylation sites (tertiary alicyclic amines) is 1. The summed E-state index contributed by atoms with van der Waals surface area (Å²) in [5.74, 6) is -0.0882. The Hall–Kier alpha value is -2.18. The Labute approximate surface area is 161 Å². The molecule has 27 heavy (non-hydrogen) atoms. The second-order valence-electron chi connectivity index (χ2n) is 7.43. The zero-order chi connectivity index (χ0) is 19.3. The van der Waals surface area contributed by atoms with E-state index >= 15 is 0 Å². The summed E-state index contributed by atoms with van der Waals surface area (Å²) < 4.78 is 22.7. The highest BCUT2D eigenvalue weighted by molar-refractivity contribution is 7.89. The monoisotopic (exact) mass is 387 g/mol. The molecular formula is C21H27N2O3S+. The predicted molar refractivity (Wildman–Crippen MR) is 106 cm³/mol. The van der Waals surface area contributed by atoms with Crippen molar-refractivity contribution in [3.05, 3.63) is 71.3 Å². The molecule has 0 radical (unpaired) electrons. The topological polar surface area (TPSA) is 67.7 Å². The molecule has 1 fully saturated rings. The Bertz CT molecular complexity index is 856. The molecular weight excluding hydrogens is 360 g/mol. The van der Waals surface area contributed by atoms with Crippen LogP contribution >= 0.6 is 0 Å². The van der Waals surface area contributed by atoms with Crippen LogP contribution in [-0.2, 0) is 22.1 Å². The zero-order valence-corrected chi connectivity index (χ0v) is 16.5. The maximum absolute atomic E-state index is 12.4. The van der Waals surface area contributed by atoms with Crippen molar-refractivity contribution in [2.75, 3.05) is 19.3 Å². The third kappa shape index (κ3) is 6.19. The smallest absolute Gasteiger partial charge is 0.251 e. The van der Waals surface area contributed by atoms with E-state index in [1.54, 1.807) is 29.2 Å². The molecule has 144 valence electrons. The van der Waals surface area contributed by atoms with Gasteiger partial charge in [-0.25, -0.2) is 8.42 Å². The number of hydrogen-bond donors (Lipinski definition) is 2. The first-order chi connectivity index (χ1) is 12.9. The van der Waals surface area contributed by atoms with Gasteiger partial charge in [0.25, 0.3) is 5.91 Å². The van der Waals surface area contributed by atoms with Gasteiger partial charge in [0.05, 0.1) is 18.8 Å². The minimum atomic E-state index is -3.06. The number of carbonyl (C=O) groups excluding carboxylic acids is 1. The summed E-state index contributed by atoms with van der Waals surface area (Å²) in [6.07, 6.45) is 3.15. The molecule has 0 bridgehead atoms. The van der Waals surface area contributed by atoms with Crippen molar-refractivity contribution in [3.63, 3.8) is 0 Å². The van der Waals surface area contributed by atoms with E-state index in [4.69, 9.17) is 0 Å². The van der Waals surface area contributed by atoms with E-state index in [1.165, 1.54) is 11.8 Å². The van der Waals surface area contributed by atoms with Crippen molar-refractivity contribution in [2.24, 2.45) is 0 Å². The summed E-state index contributed by atoms with van der Waals surface area (Å²) in [4.78, 5) is 14.0. The number of hydrogen-bond acceptors (Lipinski definition) is 3. The lowest BCUT2D eigenvalue weighted by atomic mass is 10.0. The van der Waals surface area contributed by atoms with Crippen LogP contribution < -0.4 is 10.2 Å². The number of benzene rings is 2. The third-order valence-electron chi connectivity index (χ3n) is 4.97. The van der Waals surface area contributed by atoms with Crippen LogP contribution in [0.2, 0.25) is 0 Å². The summed E-state index contributed by atoms with van der Waals surface area (Å²) in [5.41, 5.74) is 2.63. The van der Waals surface area contributed by atoms with Crippen LogP contribution in [0.1, 0.15) is 34.3 Å². The van der Waals surface area contributed by atoms with Gasteiger partial charge in [-0.15, -0.1) is 0 Å². The average Bonchev–Trinajstić information content (AvgIpc) is 2.63. The van der Waals surface area contributed by atoms with E-state index in [2.05, 4.69) is 29.6 Å². The Morgan fingerprint density at radius 2 is 1.63 bits per heavy atom. The summed E-state index contributed by atoms with van der Waals surface area (Å²) in [6, 6.07) is 17.5. The van der Waals surface area contributed by atoms with Crippen molar-refractivity contribution in [2.45, 2.75) is 31.2 Å². The molecule has 2 aromatic carbocycles. The minimum Gasteiger partial charge on any atom is -0.349 e. The van der Waals surface area contributed by atoms with Gasteiger partial charge in [0.2, 0.25) is 0 Å². The molecule has 1 saturated heterocycles. The van der Waals surface area contributed by atoms with Gasteiger partial charge >= 0.3 is 0 Å². The molecule has 0 aromatic heterocycles. The van der Waals surface area contributed by atoms with Crippen LogP contribution in [0.25, 0.3) is 0 Å². The Kier molecular flexibility index (Phi) is 6.29. The molecule has 0 aliphatic carbocycles. The van der Waals surface area contributed by atoms with Gasteiger partial charge in [-0.05, 0) is 17.7 Å². The molecule has 5 nitrogen and oxygen atoms in total. The quantitative estimate of drug-likeness (QED) is 0.783. The van der Waals surface area contributed by atoms with Crippen molar-refractivity contribution in [1.82, 2.24) is 5.32 Å². The van der Waals surface area contributed by atoms with E-state index < -0.39 is 9.84 Å². The maximum atomic E-state index is 12.4. The molecule has 3 rings (SSSR count). The largest absolute Gasteiger partial charge is 0.349 e. The van der Waals surface area contributed by atoms with Gasteiger partial charge in [0.1, 0.15) is 6.54 Å². The molecule has 1 aliphatic rings. The number of nitrogens with one attached hydrogen (secondary N) is 2. The highest BCUT2D eigenvalue weighted by atomic mass is 32.2. The molecule has 1 aliphatic heterocycles. The maximum Gasteiger partial charge on any atom is 0.251 e. The van der Waals surface area contributed by atoms with Gasteiger partial charge in [-0.3, -0.25) is 4.79 Å². The molecule has 1 heterocycles. The lowest BCUT2D eigenvalue weighted by Crippen LogP contribution is -3.12. The fourth-order valence-electron chi connectivity index (χ4n) is 3.56. The lowest BCUT2D eigenvalue weighted by Gasteiger charge is -2.29. The first-order valence-electron chi connectivity index (χ1n) is 9.34. The van der Waals surface area contributed by atoms with Gasteiger partial charge in [0.15, 0.2) is 9.84 Å². The van der Waals surface area contributed by atoms with E-state index in [1.807, 2.05) is 6.07 Å². The molecule has 2 aromatic rings. The van der Waals surface area contributed by atoms with Gasteiger partial charge in [-0.2, -0.15) is 0 Å². The number of rotatable bonds is 6. The van der Waals surface area contributed by atoms with Crippen LogP contribution in [0.3, 0.4) is 0 Å². The molecule has 0 atom stereocenters. The van der Waals surface area contributed by atoms with Crippen LogP contribution in [0.4, 0.5) is 0 Å². The Morgan fingerprint density at radius 3 is 2.22 bits per heavy atom. The number of sulfone groups is 1. The minimum absolute atomic E-state index is 0.00243. The van der Waals surface area contributed by atoms with E-state index in [9.17, 15) is 13.2 Å². The van der Waals surface area contributed by atoms with Crippen molar-refractivity contribution in [1.29, 1.82) is 0 Å². The number of quaternary nitrogens is 1. The summed E-state index contributed by atoms with van der Waals surface area (Å²) in [6.45, 7) is 3.13. The van der Waals surface area contributed by atoms with Crippen molar-refractivity contribution >= 4 is 15.7 Å².